The molecule has 5 heteroatoms. The molecule has 84 valence electrons. The van der Waals surface area contributed by atoms with E-state index in [-0.39, 0.29) is 0 Å². The van der Waals surface area contributed by atoms with Crippen LogP contribution in [0.15, 0.2) is 10.9 Å². The summed E-state index contributed by atoms with van der Waals surface area (Å²) in [6, 6.07) is 0. The molecule has 2 aromatic rings. The summed E-state index contributed by atoms with van der Waals surface area (Å²) in [5, 5.41) is 5.09. The van der Waals surface area contributed by atoms with Gasteiger partial charge < -0.3 is 5.32 Å². The van der Waals surface area contributed by atoms with Gasteiger partial charge in [0.2, 0.25) is 0 Å². The number of nitrogens with one attached hydrogen (secondary N) is 1. The monoisotopic (exact) mass is 234 g/mol. The molecule has 0 saturated heterocycles. The van der Waals surface area contributed by atoms with Crippen LogP contribution < -0.4 is 5.32 Å². The molecular weight excluding hydrogens is 220 g/mol. The zero-order valence-electron chi connectivity index (χ0n) is 9.61. The van der Waals surface area contributed by atoms with Crippen molar-refractivity contribution in [1.82, 2.24) is 20.3 Å². The molecule has 0 aliphatic rings. The number of thiazole rings is 1. The molecule has 0 unspecified atom stereocenters. The van der Waals surface area contributed by atoms with Crippen molar-refractivity contribution in [3.63, 3.8) is 0 Å². The summed E-state index contributed by atoms with van der Waals surface area (Å²) in [6.45, 7) is 4.82. The second-order valence-corrected chi connectivity index (χ2v) is 4.32. The highest BCUT2D eigenvalue weighted by atomic mass is 32.1. The maximum absolute atomic E-state index is 4.49. The highest BCUT2D eigenvalue weighted by Crippen LogP contribution is 2.18. The summed E-state index contributed by atoms with van der Waals surface area (Å²) in [6.07, 6.45) is 0. The third-order valence-electron chi connectivity index (χ3n) is 2.44. The number of rotatable bonds is 3. The van der Waals surface area contributed by atoms with Crippen LogP contribution in [-0.2, 0) is 6.54 Å². The molecule has 0 atom stereocenters. The second kappa shape index (κ2) is 4.67. The molecule has 0 saturated carbocycles. The van der Waals surface area contributed by atoms with E-state index >= 15 is 0 Å². The average Bonchev–Trinajstić information content (AvgIpc) is 2.76. The van der Waals surface area contributed by atoms with Gasteiger partial charge in [0, 0.05) is 28.9 Å². The van der Waals surface area contributed by atoms with Crippen molar-refractivity contribution in [1.29, 1.82) is 0 Å². The van der Waals surface area contributed by atoms with Crippen molar-refractivity contribution in [2.24, 2.45) is 0 Å². The zero-order valence-corrected chi connectivity index (χ0v) is 10.4. The minimum atomic E-state index is 0.719. The van der Waals surface area contributed by atoms with Crippen molar-refractivity contribution in [3.05, 3.63) is 27.8 Å². The van der Waals surface area contributed by atoms with Gasteiger partial charge in [-0.05, 0) is 20.9 Å². The number of aromatic nitrogens is 3. The van der Waals surface area contributed by atoms with Crippen LogP contribution in [0, 0.1) is 13.8 Å². The van der Waals surface area contributed by atoms with E-state index in [9.17, 15) is 0 Å². The first-order chi connectivity index (χ1) is 7.72. The molecule has 0 amide bonds. The minimum Gasteiger partial charge on any atom is -0.316 e. The van der Waals surface area contributed by atoms with Gasteiger partial charge in [-0.15, -0.1) is 11.3 Å². The lowest BCUT2D eigenvalue weighted by Gasteiger charge is -2.09. The Kier molecular flexibility index (Phi) is 3.26. The molecular formula is C11H14N4S. The molecule has 4 nitrogen and oxygen atoms in total. The van der Waals surface area contributed by atoms with Crippen molar-refractivity contribution in [2.45, 2.75) is 20.4 Å². The molecule has 2 rings (SSSR count). The van der Waals surface area contributed by atoms with Gasteiger partial charge in [0.05, 0.1) is 5.51 Å². The van der Waals surface area contributed by atoms with Gasteiger partial charge in [-0.1, -0.05) is 0 Å². The fourth-order valence-corrected chi connectivity index (χ4v) is 2.14. The fraction of sp³-hybridized carbons (Fsp3) is 0.364. The lowest BCUT2D eigenvalue weighted by molar-refractivity contribution is 0.787. The molecule has 0 aliphatic carbocycles. The first kappa shape index (κ1) is 11.2. The Hall–Kier alpha value is -1.33. The fourth-order valence-electron chi connectivity index (χ4n) is 1.61. The van der Waals surface area contributed by atoms with E-state index in [1.165, 1.54) is 5.56 Å². The summed E-state index contributed by atoms with van der Waals surface area (Å²) in [5.41, 5.74) is 5.86. The minimum absolute atomic E-state index is 0.719. The number of hydrogen-bond acceptors (Lipinski definition) is 5. The maximum Gasteiger partial charge on any atom is 0.179 e. The molecule has 0 aromatic carbocycles. The van der Waals surface area contributed by atoms with Crippen LogP contribution in [0.3, 0.4) is 0 Å². The van der Waals surface area contributed by atoms with Gasteiger partial charge in [-0.2, -0.15) is 0 Å². The second-order valence-electron chi connectivity index (χ2n) is 3.60. The predicted molar refractivity (Wildman–Crippen MR) is 65.4 cm³/mol. The topological polar surface area (TPSA) is 50.7 Å². The van der Waals surface area contributed by atoms with Crippen molar-refractivity contribution in [3.8, 4) is 11.5 Å². The van der Waals surface area contributed by atoms with E-state index in [4.69, 9.17) is 0 Å². The van der Waals surface area contributed by atoms with E-state index in [0.29, 0.717) is 0 Å². The van der Waals surface area contributed by atoms with Gasteiger partial charge in [0.1, 0.15) is 5.69 Å². The molecule has 0 bridgehead atoms. The predicted octanol–water partition coefficient (Wildman–Crippen LogP) is 1.94. The third-order valence-corrected chi connectivity index (χ3v) is 3.02. The van der Waals surface area contributed by atoms with Crippen LogP contribution in [0.2, 0.25) is 0 Å². The van der Waals surface area contributed by atoms with E-state index in [1.807, 2.05) is 26.3 Å². The van der Waals surface area contributed by atoms with E-state index in [0.717, 1.165) is 29.5 Å². The molecule has 0 aliphatic heterocycles. The first-order valence-electron chi connectivity index (χ1n) is 5.09. The largest absolute Gasteiger partial charge is 0.316 e. The molecule has 16 heavy (non-hydrogen) atoms. The molecule has 0 radical (unpaired) electrons. The van der Waals surface area contributed by atoms with Gasteiger partial charge in [-0.3, -0.25) is 0 Å². The number of nitrogens with zero attached hydrogens (tertiary/aromatic N) is 3. The van der Waals surface area contributed by atoms with Crippen molar-refractivity contribution >= 4 is 11.3 Å². The molecule has 0 spiro atoms. The zero-order chi connectivity index (χ0) is 11.5. The Labute approximate surface area is 98.8 Å². The standard InChI is InChI=1S/C11H14N4S/c1-7-9(4-12-3)8(2)15-11(14-7)10-5-16-6-13-10/h5-6,12H,4H2,1-3H3. The van der Waals surface area contributed by atoms with Gasteiger partial charge in [-0.25, -0.2) is 15.0 Å². The SMILES string of the molecule is CNCc1c(C)nc(-c2cscn2)nc1C. The molecule has 2 aromatic heterocycles. The molecule has 2 heterocycles. The van der Waals surface area contributed by atoms with Crippen LogP contribution in [0.4, 0.5) is 0 Å². The molecule has 0 fully saturated rings. The Morgan fingerprint density at radius 3 is 2.44 bits per heavy atom. The Balaban J connectivity index is 2.45. The van der Waals surface area contributed by atoms with Gasteiger partial charge in [0.15, 0.2) is 5.82 Å². The van der Waals surface area contributed by atoms with Crippen LogP contribution in [0.5, 0.6) is 0 Å². The van der Waals surface area contributed by atoms with Crippen LogP contribution in [0.25, 0.3) is 11.5 Å². The Bertz CT molecular complexity index is 456. The quantitative estimate of drug-likeness (QED) is 0.881. The lowest BCUT2D eigenvalue weighted by atomic mass is 10.1. The average molecular weight is 234 g/mol. The summed E-state index contributed by atoms with van der Waals surface area (Å²) in [7, 11) is 1.92. The van der Waals surface area contributed by atoms with E-state index in [2.05, 4.69) is 20.3 Å². The smallest absolute Gasteiger partial charge is 0.179 e. The Morgan fingerprint density at radius 2 is 1.94 bits per heavy atom. The maximum atomic E-state index is 4.49. The Morgan fingerprint density at radius 1 is 1.25 bits per heavy atom. The number of hydrogen-bond donors (Lipinski definition) is 1. The van der Waals surface area contributed by atoms with Gasteiger partial charge in [0.25, 0.3) is 0 Å². The number of aryl methyl sites for hydroxylation is 2. The summed E-state index contributed by atoms with van der Waals surface area (Å²) >= 11 is 1.56. The summed E-state index contributed by atoms with van der Waals surface area (Å²) in [4.78, 5) is 13.2. The lowest BCUT2D eigenvalue weighted by Crippen LogP contribution is -2.11. The van der Waals surface area contributed by atoms with Crippen LogP contribution in [0.1, 0.15) is 17.0 Å². The highest BCUT2D eigenvalue weighted by molar-refractivity contribution is 7.07. The molecule has 1 N–H and O–H groups in total. The van der Waals surface area contributed by atoms with Crippen LogP contribution in [-0.4, -0.2) is 22.0 Å². The third kappa shape index (κ3) is 2.10. The van der Waals surface area contributed by atoms with Crippen molar-refractivity contribution in [2.75, 3.05) is 7.05 Å². The van der Waals surface area contributed by atoms with E-state index in [1.54, 1.807) is 16.8 Å². The first-order valence-corrected chi connectivity index (χ1v) is 6.04. The van der Waals surface area contributed by atoms with E-state index < -0.39 is 0 Å². The van der Waals surface area contributed by atoms with Crippen molar-refractivity contribution < 1.29 is 0 Å². The highest BCUT2D eigenvalue weighted by Gasteiger charge is 2.10. The van der Waals surface area contributed by atoms with Crippen LogP contribution >= 0.6 is 11.3 Å². The van der Waals surface area contributed by atoms with Gasteiger partial charge >= 0.3 is 0 Å². The summed E-state index contributed by atoms with van der Waals surface area (Å²) < 4.78 is 0. The summed E-state index contributed by atoms with van der Waals surface area (Å²) in [5.74, 6) is 0.719. The normalized spacial score (nSPS) is 10.7.